The van der Waals surface area contributed by atoms with Gasteiger partial charge >= 0.3 is 0 Å². The topological polar surface area (TPSA) is 38.9 Å². The molecule has 0 bridgehead atoms. The van der Waals surface area contributed by atoms with Crippen molar-refractivity contribution in [2.45, 2.75) is 33.1 Å². The van der Waals surface area contributed by atoms with E-state index in [1.165, 1.54) is 9.88 Å². The molecule has 2 rings (SSSR count). The van der Waals surface area contributed by atoms with Gasteiger partial charge in [0.1, 0.15) is 0 Å². The van der Waals surface area contributed by atoms with Crippen molar-refractivity contribution in [1.82, 2.24) is 4.98 Å². The van der Waals surface area contributed by atoms with Crippen LogP contribution in [0.1, 0.15) is 31.5 Å². The number of nitrogen functional groups attached to an aromatic ring is 1. The van der Waals surface area contributed by atoms with Crippen LogP contribution in [0.2, 0.25) is 0 Å². The summed E-state index contributed by atoms with van der Waals surface area (Å²) in [7, 11) is 0. The minimum atomic E-state index is 0.105. The largest absolute Gasteiger partial charge is 0.399 e. The van der Waals surface area contributed by atoms with Crippen LogP contribution in [-0.2, 0) is 5.41 Å². The lowest BCUT2D eigenvalue weighted by molar-refractivity contribution is 0.584. The minimum Gasteiger partial charge on any atom is -0.399 e. The van der Waals surface area contributed by atoms with E-state index in [1.54, 1.807) is 11.3 Å². The maximum Gasteiger partial charge on any atom is 0.0988 e. The molecule has 2 nitrogen and oxygen atoms in total. The van der Waals surface area contributed by atoms with Gasteiger partial charge in [0, 0.05) is 11.1 Å². The molecule has 0 saturated heterocycles. The number of benzene rings is 1. The predicted octanol–water partition coefficient (Wildman–Crippen LogP) is 4.00. The molecule has 2 N–H and O–H groups in total. The van der Waals surface area contributed by atoms with Crippen molar-refractivity contribution in [3.63, 3.8) is 0 Å². The molecule has 17 heavy (non-hydrogen) atoms. The van der Waals surface area contributed by atoms with Gasteiger partial charge in [0.25, 0.3) is 0 Å². The molecule has 0 aliphatic rings. The van der Waals surface area contributed by atoms with E-state index in [2.05, 4.69) is 38.7 Å². The number of thiazole rings is 1. The Morgan fingerprint density at radius 1 is 1.24 bits per heavy atom. The van der Waals surface area contributed by atoms with Crippen molar-refractivity contribution >= 4 is 17.0 Å². The summed E-state index contributed by atoms with van der Waals surface area (Å²) in [5, 5.41) is 1.17. The summed E-state index contributed by atoms with van der Waals surface area (Å²) in [4.78, 5) is 5.89. The summed E-state index contributed by atoms with van der Waals surface area (Å²) < 4.78 is 0. The van der Waals surface area contributed by atoms with Crippen LogP contribution in [0.3, 0.4) is 0 Å². The van der Waals surface area contributed by atoms with Crippen LogP contribution in [0.5, 0.6) is 0 Å². The zero-order valence-corrected chi connectivity index (χ0v) is 11.6. The van der Waals surface area contributed by atoms with E-state index in [9.17, 15) is 0 Å². The van der Waals surface area contributed by atoms with Gasteiger partial charge in [-0.05, 0) is 24.6 Å². The number of hydrogen-bond donors (Lipinski definition) is 1. The third kappa shape index (κ3) is 2.50. The molecule has 0 aliphatic carbocycles. The van der Waals surface area contributed by atoms with Crippen molar-refractivity contribution < 1.29 is 0 Å². The van der Waals surface area contributed by atoms with Crippen molar-refractivity contribution in [1.29, 1.82) is 0 Å². The monoisotopic (exact) mass is 246 g/mol. The SMILES string of the molecule is Cc1nc(C(C)(C)C)sc1-c1cccc(N)c1. The van der Waals surface area contributed by atoms with Gasteiger partial charge in [-0.25, -0.2) is 4.98 Å². The van der Waals surface area contributed by atoms with E-state index >= 15 is 0 Å². The molecule has 90 valence electrons. The fourth-order valence-corrected chi connectivity index (χ4v) is 2.79. The molecule has 0 amide bonds. The molecular formula is C14H18N2S. The zero-order chi connectivity index (χ0) is 12.6. The van der Waals surface area contributed by atoms with Crippen LogP contribution in [0, 0.1) is 6.92 Å². The number of anilines is 1. The average molecular weight is 246 g/mol. The van der Waals surface area contributed by atoms with Crippen LogP contribution in [0.4, 0.5) is 5.69 Å². The van der Waals surface area contributed by atoms with Gasteiger partial charge in [0.05, 0.1) is 15.6 Å². The van der Waals surface area contributed by atoms with E-state index in [0.29, 0.717) is 0 Å². The Morgan fingerprint density at radius 3 is 2.47 bits per heavy atom. The predicted molar refractivity (Wildman–Crippen MR) is 75.4 cm³/mol. The lowest BCUT2D eigenvalue weighted by atomic mass is 9.98. The lowest BCUT2D eigenvalue weighted by Crippen LogP contribution is -2.10. The van der Waals surface area contributed by atoms with Crippen molar-refractivity contribution in [3.8, 4) is 10.4 Å². The second-order valence-electron chi connectivity index (χ2n) is 5.31. The number of aryl methyl sites for hydroxylation is 1. The second-order valence-corrected chi connectivity index (χ2v) is 6.31. The fourth-order valence-electron chi connectivity index (χ4n) is 1.66. The van der Waals surface area contributed by atoms with Gasteiger partial charge < -0.3 is 5.73 Å². The highest BCUT2D eigenvalue weighted by Gasteiger charge is 2.20. The maximum atomic E-state index is 5.82. The van der Waals surface area contributed by atoms with Crippen molar-refractivity contribution in [2.24, 2.45) is 0 Å². The number of nitrogens with zero attached hydrogens (tertiary/aromatic N) is 1. The summed E-state index contributed by atoms with van der Waals surface area (Å²) in [5.74, 6) is 0. The van der Waals surface area contributed by atoms with E-state index in [0.717, 1.165) is 16.9 Å². The van der Waals surface area contributed by atoms with Crippen molar-refractivity contribution in [2.75, 3.05) is 5.73 Å². The maximum absolute atomic E-state index is 5.82. The standard InChI is InChI=1S/C14H18N2S/c1-9-12(10-6-5-7-11(15)8-10)17-13(16-9)14(2,3)4/h5-8H,15H2,1-4H3. The molecule has 0 unspecified atom stereocenters. The lowest BCUT2D eigenvalue weighted by Gasteiger charge is -2.13. The van der Waals surface area contributed by atoms with Crippen LogP contribution in [0.15, 0.2) is 24.3 Å². The first-order valence-electron chi connectivity index (χ1n) is 5.72. The molecule has 0 radical (unpaired) electrons. The Morgan fingerprint density at radius 2 is 1.94 bits per heavy atom. The number of nitrogens with two attached hydrogens (primary N) is 1. The summed E-state index contributed by atoms with van der Waals surface area (Å²) in [5.41, 5.74) is 8.98. The minimum absolute atomic E-state index is 0.105. The highest BCUT2D eigenvalue weighted by Crippen LogP contribution is 2.35. The third-order valence-electron chi connectivity index (χ3n) is 2.59. The van der Waals surface area contributed by atoms with E-state index in [-0.39, 0.29) is 5.41 Å². The Labute approximate surface area is 107 Å². The van der Waals surface area contributed by atoms with Gasteiger partial charge in [-0.3, -0.25) is 0 Å². The van der Waals surface area contributed by atoms with Gasteiger partial charge in [0.2, 0.25) is 0 Å². The Balaban J connectivity index is 2.50. The van der Waals surface area contributed by atoms with Crippen LogP contribution < -0.4 is 5.73 Å². The third-order valence-corrected chi connectivity index (χ3v) is 4.22. The first-order valence-corrected chi connectivity index (χ1v) is 6.53. The first kappa shape index (κ1) is 12.1. The summed E-state index contributed by atoms with van der Waals surface area (Å²) in [6.45, 7) is 8.63. The van der Waals surface area contributed by atoms with Gasteiger partial charge in [-0.15, -0.1) is 11.3 Å². The molecule has 1 heterocycles. The average Bonchev–Trinajstić information content (AvgIpc) is 2.60. The first-order chi connectivity index (χ1) is 7.88. The second kappa shape index (κ2) is 4.15. The van der Waals surface area contributed by atoms with Crippen LogP contribution in [0.25, 0.3) is 10.4 Å². The molecule has 0 saturated carbocycles. The van der Waals surface area contributed by atoms with Gasteiger partial charge in [-0.1, -0.05) is 32.9 Å². The Bertz CT molecular complexity index is 535. The molecule has 3 heteroatoms. The zero-order valence-electron chi connectivity index (χ0n) is 10.7. The highest BCUT2D eigenvalue weighted by atomic mass is 32.1. The van der Waals surface area contributed by atoms with E-state index in [4.69, 9.17) is 5.73 Å². The number of rotatable bonds is 1. The molecule has 1 aromatic heterocycles. The summed E-state index contributed by atoms with van der Waals surface area (Å²) in [6, 6.07) is 7.99. The van der Waals surface area contributed by atoms with Gasteiger partial charge in [-0.2, -0.15) is 0 Å². The number of aromatic nitrogens is 1. The fraction of sp³-hybridized carbons (Fsp3) is 0.357. The van der Waals surface area contributed by atoms with Crippen LogP contribution >= 0.6 is 11.3 Å². The molecule has 0 spiro atoms. The summed E-state index contributed by atoms with van der Waals surface area (Å²) >= 11 is 1.76. The molecular weight excluding hydrogens is 228 g/mol. The molecule has 0 fully saturated rings. The van der Waals surface area contributed by atoms with Crippen LogP contribution in [-0.4, -0.2) is 4.98 Å². The summed E-state index contributed by atoms with van der Waals surface area (Å²) in [6.07, 6.45) is 0. The molecule has 0 aliphatic heterocycles. The number of hydrogen-bond acceptors (Lipinski definition) is 3. The highest BCUT2D eigenvalue weighted by molar-refractivity contribution is 7.15. The molecule has 1 aromatic carbocycles. The van der Waals surface area contributed by atoms with Crippen molar-refractivity contribution in [3.05, 3.63) is 35.0 Å². The van der Waals surface area contributed by atoms with Gasteiger partial charge in [0.15, 0.2) is 0 Å². The smallest absolute Gasteiger partial charge is 0.0988 e. The Hall–Kier alpha value is -1.35. The molecule has 2 aromatic rings. The normalized spacial score (nSPS) is 11.8. The van der Waals surface area contributed by atoms with E-state index < -0.39 is 0 Å². The Kier molecular flexibility index (Phi) is 2.96. The van der Waals surface area contributed by atoms with E-state index in [1.807, 2.05) is 18.2 Å². The quantitative estimate of drug-likeness (QED) is 0.772. The molecule has 0 atom stereocenters.